The van der Waals surface area contributed by atoms with Gasteiger partial charge in [0.05, 0.1) is 5.56 Å². The summed E-state index contributed by atoms with van der Waals surface area (Å²) in [5.41, 5.74) is 0.239. The second-order valence-corrected chi connectivity index (χ2v) is 2.45. The van der Waals surface area contributed by atoms with E-state index in [1.165, 1.54) is 18.5 Å². The standard InChI is InChI=1S/C8H3N3O2/c9-4-11-7(12)5-2-1-3-10-6(5)8(11)13/h1-3H. The van der Waals surface area contributed by atoms with Crippen LogP contribution in [-0.2, 0) is 0 Å². The number of pyridine rings is 1. The summed E-state index contributed by atoms with van der Waals surface area (Å²) < 4.78 is 0. The Balaban J connectivity index is 2.65. The number of carbonyl (C=O) groups is 2. The Morgan fingerprint density at radius 3 is 2.77 bits per heavy atom. The lowest BCUT2D eigenvalue weighted by molar-refractivity contribution is 0.0730. The molecule has 0 radical (unpaired) electrons. The first-order valence-corrected chi connectivity index (χ1v) is 3.49. The Morgan fingerprint density at radius 2 is 2.15 bits per heavy atom. The lowest BCUT2D eigenvalue weighted by Gasteiger charge is -1.97. The number of amides is 2. The molecule has 5 nitrogen and oxygen atoms in total. The molecule has 0 spiro atoms. The van der Waals surface area contributed by atoms with E-state index >= 15 is 0 Å². The number of aromatic nitrogens is 1. The predicted molar refractivity (Wildman–Crippen MR) is 40.4 cm³/mol. The summed E-state index contributed by atoms with van der Waals surface area (Å²) >= 11 is 0. The maximum absolute atomic E-state index is 11.3. The van der Waals surface area contributed by atoms with Crippen molar-refractivity contribution in [1.29, 1.82) is 5.26 Å². The molecule has 1 aromatic rings. The Morgan fingerprint density at radius 1 is 1.38 bits per heavy atom. The average molecular weight is 173 g/mol. The zero-order valence-corrected chi connectivity index (χ0v) is 6.39. The van der Waals surface area contributed by atoms with Gasteiger partial charge < -0.3 is 0 Å². The maximum Gasteiger partial charge on any atom is 0.293 e. The molecular weight excluding hydrogens is 170 g/mol. The van der Waals surface area contributed by atoms with Crippen molar-refractivity contribution in [3.8, 4) is 6.19 Å². The normalized spacial score (nSPS) is 14.2. The first-order valence-electron chi connectivity index (χ1n) is 3.49. The fraction of sp³-hybridized carbons (Fsp3) is 0. The highest BCUT2D eigenvalue weighted by molar-refractivity contribution is 6.21. The van der Waals surface area contributed by atoms with Crippen LogP contribution in [0.3, 0.4) is 0 Å². The summed E-state index contributed by atoms with van der Waals surface area (Å²) in [7, 11) is 0. The summed E-state index contributed by atoms with van der Waals surface area (Å²) in [5.74, 6) is -1.25. The van der Waals surface area contributed by atoms with Gasteiger partial charge in [0.2, 0.25) is 0 Å². The van der Waals surface area contributed by atoms with E-state index < -0.39 is 11.8 Å². The molecule has 0 aliphatic carbocycles. The molecule has 0 unspecified atom stereocenters. The Bertz CT molecular complexity index is 412. The van der Waals surface area contributed by atoms with Crippen LogP contribution >= 0.6 is 0 Å². The zero-order valence-electron chi connectivity index (χ0n) is 6.39. The lowest BCUT2D eigenvalue weighted by atomic mass is 10.2. The molecule has 0 bridgehead atoms. The van der Waals surface area contributed by atoms with E-state index in [9.17, 15) is 9.59 Å². The summed E-state index contributed by atoms with van der Waals surface area (Å²) in [4.78, 5) is 26.8. The molecule has 0 fully saturated rings. The summed E-state index contributed by atoms with van der Waals surface area (Å²) in [6.07, 6.45) is 2.91. The van der Waals surface area contributed by atoms with Gasteiger partial charge in [-0.15, -0.1) is 0 Å². The summed E-state index contributed by atoms with van der Waals surface area (Å²) in [5, 5.41) is 8.49. The van der Waals surface area contributed by atoms with Crippen LogP contribution in [0.1, 0.15) is 20.8 Å². The van der Waals surface area contributed by atoms with E-state index in [1.54, 1.807) is 6.07 Å². The SMILES string of the molecule is N#CN1C(=O)c2cccnc2C1=O. The van der Waals surface area contributed by atoms with E-state index in [0.717, 1.165) is 0 Å². The average Bonchev–Trinajstić information content (AvgIpc) is 2.41. The second kappa shape index (κ2) is 2.38. The largest absolute Gasteiger partial charge is 0.293 e. The number of rotatable bonds is 0. The van der Waals surface area contributed by atoms with Crippen molar-refractivity contribution in [3.63, 3.8) is 0 Å². The molecule has 2 amide bonds. The summed E-state index contributed by atoms with van der Waals surface area (Å²) in [6.45, 7) is 0. The van der Waals surface area contributed by atoms with Crippen molar-refractivity contribution in [2.45, 2.75) is 0 Å². The molecule has 0 atom stereocenters. The highest BCUT2D eigenvalue weighted by atomic mass is 16.2. The maximum atomic E-state index is 11.3. The van der Waals surface area contributed by atoms with Gasteiger partial charge in [0, 0.05) is 6.20 Å². The monoisotopic (exact) mass is 173 g/mol. The Hall–Kier alpha value is -2.22. The first kappa shape index (κ1) is 7.43. The topological polar surface area (TPSA) is 74.1 Å². The van der Waals surface area contributed by atoms with Crippen LogP contribution < -0.4 is 0 Å². The molecular formula is C8H3N3O2. The summed E-state index contributed by atoms with van der Waals surface area (Å²) in [6, 6.07) is 3.02. The third-order valence-corrected chi connectivity index (χ3v) is 1.75. The molecule has 62 valence electrons. The highest BCUT2D eigenvalue weighted by Gasteiger charge is 2.36. The van der Waals surface area contributed by atoms with Gasteiger partial charge >= 0.3 is 0 Å². The number of nitrogens with zero attached hydrogens (tertiary/aromatic N) is 3. The fourth-order valence-electron chi connectivity index (χ4n) is 1.16. The number of hydrogen-bond donors (Lipinski definition) is 0. The van der Waals surface area contributed by atoms with Crippen LogP contribution in [-0.4, -0.2) is 21.7 Å². The number of hydrogen-bond acceptors (Lipinski definition) is 4. The number of fused-ring (bicyclic) bond motifs is 1. The minimum Gasteiger partial charge on any atom is -0.267 e. The Labute approximate surface area is 73.2 Å². The predicted octanol–water partition coefficient (Wildman–Crippen LogP) is 0.159. The lowest BCUT2D eigenvalue weighted by Crippen LogP contribution is -2.23. The van der Waals surface area contributed by atoms with Gasteiger partial charge in [-0.1, -0.05) is 0 Å². The van der Waals surface area contributed by atoms with E-state index in [2.05, 4.69) is 4.98 Å². The van der Waals surface area contributed by atoms with Crippen LogP contribution in [0, 0.1) is 11.5 Å². The molecule has 1 aliphatic rings. The Kier molecular flexibility index (Phi) is 1.36. The zero-order chi connectivity index (χ0) is 9.42. The van der Waals surface area contributed by atoms with Crippen LogP contribution in [0.2, 0.25) is 0 Å². The fourth-order valence-corrected chi connectivity index (χ4v) is 1.16. The third-order valence-electron chi connectivity index (χ3n) is 1.75. The third kappa shape index (κ3) is 0.825. The van der Waals surface area contributed by atoms with Crippen molar-refractivity contribution in [3.05, 3.63) is 29.6 Å². The van der Waals surface area contributed by atoms with E-state index in [4.69, 9.17) is 5.26 Å². The van der Waals surface area contributed by atoms with Gasteiger partial charge in [-0.05, 0) is 12.1 Å². The number of nitriles is 1. The van der Waals surface area contributed by atoms with Crippen LogP contribution in [0.5, 0.6) is 0 Å². The van der Waals surface area contributed by atoms with Crippen LogP contribution in [0.4, 0.5) is 0 Å². The molecule has 13 heavy (non-hydrogen) atoms. The van der Waals surface area contributed by atoms with Gasteiger partial charge in [0.25, 0.3) is 11.8 Å². The first-order chi connectivity index (χ1) is 6.25. The number of carbonyl (C=O) groups excluding carboxylic acids is 2. The van der Waals surface area contributed by atoms with E-state index in [-0.39, 0.29) is 11.3 Å². The molecule has 2 rings (SSSR count). The molecule has 0 N–H and O–H groups in total. The minimum absolute atomic E-state index is 0.0500. The number of imide groups is 1. The van der Waals surface area contributed by atoms with Gasteiger partial charge in [-0.3, -0.25) is 14.6 Å². The smallest absolute Gasteiger partial charge is 0.267 e. The molecule has 1 aromatic heterocycles. The van der Waals surface area contributed by atoms with E-state index in [1.807, 2.05) is 0 Å². The van der Waals surface area contributed by atoms with Gasteiger partial charge in [0.1, 0.15) is 5.69 Å². The van der Waals surface area contributed by atoms with Crippen molar-refractivity contribution in [2.75, 3.05) is 0 Å². The molecule has 1 aliphatic heterocycles. The van der Waals surface area contributed by atoms with Crippen LogP contribution in [0.15, 0.2) is 18.3 Å². The molecule has 0 aromatic carbocycles. The molecule has 2 heterocycles. The van der Waals surface area contributed by atoms with Crippen LogP contribution in [0.25, 0.3) is 0 Å². The highest BCUT2D eigenvalue weighted by Crippen LogP contribution is 2.18. The quantitative estimate of drug-likeness (QED) is 0.413. The molecule has 5 heteroatoms. The molecule has 0 saturated carbocycles. The second-order valence-electron chi connectivity index (χ2n) is 2.45. The van der Waals surface area contributed by atoms with E-state index in [0.29, 0.717) is 4.90 Å². The van der Waals surface area contributed by atoms with Gasteiger partial charge in [-0.2, -0.15) is 10.2 Å². The van der Waals surface area contributed by atoms with Crippen molar-refractivity contribution in [1.82, 2.24) is 9.88 Å². The molecule has 0 saturated heterocycles. The minimum atomic E-state index is -0.650. The van der Waals surface area contributed by atoms with Gasteiger partial charge in [-0.25, -0.2) is 0 Å². The van der Waals surface area contributed by atoms with Crippen molar-refractivity contribution < 1.29 is 9.59 Å². The van der Waals surface area contributed by atoms with Crippen molar-refractivity contribution in [2.24, 2.45) is 0 Å². The van der Waals surface area contributed by atoms with Crippen molar-refractivity contribution >= 4 is 11.8 Å². The van der Waals surface area contributed by atoms with Gasteiger partial charge in [0.15, 0.2) is 6.19 Å².